The van der Waals surface area contributed by atoms with Gasteiger partial charge in [0.05, 0.1) is 21.5 Å². The van der Waals surface area contributed by atoms with E-state index in [1.165, 1.54) is 0 Å². The molecule has 0 radical (unpaired) electrons. The molecule has 1 amide bonds. The quantitative estimate of drug-likeness (QED) is 0.383. The van der Waals surface area contributed by atoms with E-state index in [1.807, 2.05) is 0 Å². The molecule has 11 nitrogen and oxygen atoms in total. The van der Waals surface area contributed by atoms with E-state index in [4.69, 9.17) is 9.05 Å². The number of carbonyl (C=O) groups excluding carboxylic acids is 1. The second kappa shape index (κ2) is 8.91. The molecule has 0 saturated carbocycles. The van der Waals surface area contributed by atoms with Crippen molar-refractivity contribution >= 4 is 24.9 Å². The molecule has 1 atom stereocenters. The zero-order valence-electron chi connectivity index (χ0n) is 15.7. The third kappa shape index (κ3) is 5.02. The smallest absolute Gasteiger partial charge is 0.334 e. The summed E-state index contributed by atoms with van der Waals surface area (Å²) < 4.78 is 23.0. The van der Waals surface area contributed by atoms with Gasteiger partial charge in [-0.25, -0.2) is 0 Å². The third-order valence-corrected chi connectivity index (χ3v) is 6.11. The van der Waals surface area contributed by atoms with Crippen molar-refractivity contribution in [3.8, 4) is 0 Å². The molecule has 29 heavy (non-hydrogen) atoms. The molecule has 0 spiro atoms. The molecule has 0 aliphatic heterocycles. The summed E-state index contributed by atoms with van der Waals surface area (Å²) in [5.41, 5.74) is -0.379. The lowest BCUT2D eigenvalue weighted by Gasteiger charge is -2.26. The van der Waals surface area contributed by atoms with E-state index in [9.17, 15) is 29.6 Å². The van der Waals surface area contributed by atoms with Gasteiger partial charge in [-0.05, 0) is 12.5 Å². The molecule has 0 unspecified atom stereocenters. The van der Waals surface area contributed by atoms with Gasteiger partial charge in [0, 0.05) is 26.4 Å². The number of nitrogens with one attached hydrogen (secondary N) is 1. The summed E-state index contributed by atoms with van der Waals surface area (Å²) in [6.45, 7) is 1.79. The van der Waals surface area contributed by atoms with Crippen molar-refractivity contribution in [2.24, 2.45) is 0 Å². The molecule has 2 aromatic rings. The monoisotopic (exact) mass is 423 g/mol. The number of nitrogens with zero attached hydrogens (tertiary/aromatic N) is 2. The summed E-state index contributed by atoms with van der Waals surface area (Å²) in [5.74, 6) is -2.17. The Morgan fingerprint density at radius 1 is 1.03 bits per heavy atom. The van der Waals surface area contributed by atoms with Crippen molar-refractivity contribution in [1.82, 2.24) is 5.32 Å². The zero-order chi connectivity index (χ0) is 21.8. The van der Waals surface area contributed by atoms with Crippen LogP contribution < -0.4 is 5.32 Å². The van der Waals surface area contributed by atoms with Gasteiger partial charge in [0.15, 0.2) is 5.78 Å². The maximum atomic E-state index is 13.0. The van der Waals surface area contributed by atoms with E-state index in [2.05, 4.69) is 5.32 Å². The first-order valence-electron chi connectivity index (χ1n) is 8.13. The Hall–Kier alpha value is -3.14. The largest absolute Gasteiger partial charge is 0.356 e. The van der Waals surface area contributed by atoms with E-state index >= 15 is 0 Å². The molecule has 0 bridgehead atoms. The molecule has 0 aliphatic rings. The Kier molecular flexibility index (Phi) is 6.80. The normalized spacial score (nSPS) is 12.2. The number of amides is 1. The van der Waals surface area contributed by atoms with Crippen LogP contribution in [0.5, 0.6) is 0 Å². The van der Waals surface area contributed by atoms with Crippen LogP contribution in [0, 0.1) is 27.2 Å². The number of nitro benzene ring substituents is 2. The Bertz CT molecular complexity index is 970. The minimum Gasteiger partial charge on any atom is -0.334 e. The van der Waals surface area contributed by atoms with Gasteiger partial charge in [-0.3, -0.25) is 29.6 Å². The van der Waals surface area contributed by atoms with Crippen LogP contribution >= 0.6 is 7.60 Å². The van der Waals surface area contributed by atoms with Gasteiger partial charge in [0.25, 0.3) is 17.3 Å². The lowest BCUT2D eigenvalue weighted by molar-refractivity contribution is -0.394. The number of aryl methyl sites for hydroxylation is 1. The van der Waals surface area contributed by atoms with Crippen LogP contribution in [-0.2, 0) is 13.6 Å². The third-order valence-electron chi connectivity index (χ3n) is 4.04. The topological polar surface area (TPSA) is 151 Å². The van der Waals surface area contributed by atoms with Crippen LogP contribution in [-0.4, -0.2) is 30.0 Å². The second-order valence-electron chi connectivity index (χ2n) is 5.95. The van der Waals surface area contributed by atoms with Gasteiger partial charge in [-0.1, -0.05) is 29.8 Å². The highest BCUT2D eigenvalue weighted by molar-refractivity contribution is 7.54. The number of nitro groups is 2. The van der Waals surface area contributed by atoms with Gasteiger partial charge >= 0.3 is 7.60 Å². The van der Waals surface area contributed by atoms with Crippen molar-refractivity contribution in [2.75, 3.05) is 14.2 Å². The van der Waals surface area contributed by atoms with E-state index < -0.39 is 40.5 Å². The first kappa shape index (κ1) is 22.2. The van der Waals surface area contributed by atoms with Crippen LogP contribution in [0.3, 0.4) is 0 Å². The van der Waals surface area contributed by atoms with Crippen molar-refractivity contribution in [1.29, 1.82) is 0 Å². The number of rotatable bonds is 8. The Balaban J connectivity index is 2.51. The maximum absolute atomic E-state index is 13.0. The summed E-state index contributed by atoms with van der Waals surface area (Å²) in [6, 6.07) is 9.24. The van der Waals surface area contributed by atoms with Gasteiger partial charge < -0.3 is 14.4 Å². The highest BCUT2D eigenvalue weighted by atomic mass is 31.2. The zero-order valence-corrected chi connectivity index (χ0v) is 16.6. The second-order valence-corrected chi connectivity index (χ2v) is 8.27. The van der Waals surface area contributed by atoms with E-state index in [0.29, 0.717) is 5.56 Å². The molecule has 0 aliphatic carbocycles. The van der Waals surface area contributed by atoms with E-state index in [-0.39, 0.29) is 5.56 Å². The number of non-ortho nitro benzene ring substituents is 2. The predicted octanol–water partition coefficient (Wildman–Crippen LogP) is 3.73. The predicted molar refractivity (Wildman–Crippen MR) is 103 cm³/mol. The fraction of sp³-hybridized carbons (Fsp3) is 0.235. The van der Waals surface area contributed by atoms with Crippen molar-refractivity contribution in [3.05, 3.63) is 79.4 Å². The summed E-state index contributed by atoms with van der Waals surface area (Å²) in [5, 5.41) is 24.6. The van der Waals surface area contributed by atoms with Crippen LogP contribution in [0.15, 0.2) is 42.5 Å². The fourth-order valence-corrected chi connectivity index (χ4v) is 3.99. The molecule has 2 aromatic carbocycles. The van der Waals surface area contributed by atoms with Crippen molar-refractivity contribution in [3.63, 3.8) is 0 Å². The molecular weight excluding hydrogens is 405 g/mol. The summed E-state index contributed by atoms with van der Waals surface area (Å²) >= 11 is 0. The summed E-state index contributed by atoms with van der Waals surface area (Å²) in [7, 11) is -1.57. The van der Waals surface area contributed by atoms with Crippen LogP contribution in [0.2, 0.25) is 0 Å². The first-order valence-corrected chi connectivity index (χ1v) is 9.75. The summed E-state index contributed by atoms with van der Waals surface area (Å²) in [4.78, 5) is 33.2. The molecule has 0 saturated heterocycles. The number of benzene rings is 2. The lowest BCUT2D eigenvalue weighted by Crippen LogP contribution is -2.29. The van der Waals surface area contributed by atoms with Gasteiger partial charge in [-0.15, -0.1) is 0 Å². The minimum absolute atomic E-state index is 0.345. The molecule has 154 valence electrons. The van der Waals surface area contributed by atoms with Crippen LogP contribution in [0.1, 0.15) is 27.3 Å². The highest BCUT2D eigenvalue weighted by Gasteiger charge is 2.37. The molecular formula is C17H18N3O8P. The average molecular weight is 423 g/mol. The number of hydrogen-bond acceptors (Lipinski definition) is 8. The van der Waals surface area contributed by atoms with E-state index in [0.717, 1.165) is 38.0 Å². The fourth-order valence-electron chi connectivity index (χ4n) is 2.62. The van der Waals surface area contributed by atoms with Crippen LogP contribution in [0.4, 0.5) is 11.4 Å². The van der Waals surface area contributed by atoms with Crippen molar-refractivity contribution in [2.45, 2.75) is 12.7 Å². The standard InChI is InChI=1S/C17H18N3O8P/c1-11-5-4-6-12(7-11)17(29(26,27-2)28-3)18-16(21)13-8-14(19(22)23)10-15(9-13)20(24)25/h4-10,17H,1-3H3,(H,18,21)/t17-/m0/s1. The van der Waals surface area contributed by atoms with Crippen LogP contribution in [0.25, 0.3) is 0 Å². The van der Waals surface area contributed by atoms with Gasteiger partial charge in [0.1, 0.15) is 0 Å². The Labute approximate surface area is 165 Å². The minimum atomic E-state index is -3.87. The maximum Gasteiger partial charge on any atom is 0.356 e. The molecule has 2 rings (SSSR count). The molecule has 1 N–H and O–H groups in total. The van der Waals surface area contributed by atoms with Gasteiger partial charge in [-0.2, -0.15) is 0 Å². The summed E-state index contributed by atoms with van der Waals surface area (Å²) in [6.07, 6.45) is 0. The molecule has 12 heteroatoms. The SMILES string of the molecule is COP(=O)(OC)[C@H](NC(=O)c1cc([N+](=O)[O-])cc([N+](=O)[O-])c1)c1cccc(C)c1. The lowest BCUT2D eigenvalue weighted by atomic mass is 10.1. The van der Waals surface area contributed by atoms with E-state index in [1.54, 1.807) is 31.2 Å². The molecule has 0 aromatic heterocycles. The highest BCUT2D eigenvalue weighted by Crippen LogP contribution is 2.58. The molecule has 0 fully saturated rings. The average Bonchev–Trinajstić information content (AvgIpc) is 2.70. The molecule has 0 heterocycles. The first-order chi connectivity index (χ1) is 13.6. The van der Waals surface area contributed by atoms with Crippen molar-refractivity contribution < 1.29 is 28.3 Å². The Morgan fingerprint density at radius 3 is 2.03 bits per heavy atom. The number of hydrogen-bond donors (Lipinski definition) is 1. The Morgan fingerprint density at radius 2 is 1.59 bits per heavy atom. The number of carbonyl (C=O) groups is 1. The van der Waals surface area contributed by atoms with Gasteiger partial charge in [0.2, 0.25) is 0 Å².